The summed E-state index contributed by atoms with van der Waals surface area (Å²) in [6.45, 7) is 6.07. The number of nitrogens with zero attached hydrogens (tertiary/aromatic N) is 1. The van der Waals surface area contributed by atoms with Crippen LogP contribution in [0.1, 0.15) is 32.3 Å². The van der Waals surface area contributed by atoms with Gasteiger partial charge in [0.15, 0.2) is 0 Å². The maximum atomic E-state index is 12.8. The highest BCUT2D eigenvalue weighted by Gasteiger charge is 2.11. The topological polar surface area (TPSA) is 29.5 Å². The number of carbonyl (C=O) groups excluding carboxylic acids is 1. The van der Waals surface area contributed by atoms with Crippen LogP contribution < -0.4 is 0 Å². The van der Waals surface area contributed by atoms with Crippen molar-refractivity contribution < 1.29 is 13.9 Å². The van der Waals surface area contributed by atoms with Crippen LogP contribution in [0.2, 0.25) is 0 Å². The third kappa shape index (κ3) is 6.34. The van der Waals surface area contributed by atoms with Crippen LogP contribution in [-0.4, -0.2) is 30.6 Å². The van der Waals surface area contributed by atoms with Gasteiger partial charge in [0, 0.05) is 6.54 Å². The molecule has 0 radical (unpaired) electrons. The number of ether oxygens (including phenoxy) is 1. The number of hydrogen-bond acceptors (Lipinski definition) is 3. The Kier molecular flexibility index (Phi) is 7.11. The highest BCUT2D eigenvalue weighted by molar-refractivity contribution is 5.71. The van der Waals surface area contributed by atoms with Crippen molar-refractivity contribution in [1.82, 2.24) is 4.90 Å². The molecule has 19 heavy (non-hydrogen) atoms. The van der Waals surface area contributed by atoms with E-state index < -0.39 is 0 Å². The zero-order chi connectivity index (χ0) is 14.1. The molecule has 4 heteroatoms. The fourth-order valence-electron chi connectivity index (χ4n) is 1.83. The number of unbranched alkanes of at least 4 members (excludes halogenated alkanes) is 1. The fraction of sp³-hybridized carbons (Fsp3) is 0.533. The SMILES string of the molecule is CCCCN(CC(=O)OCC)Cc1ccc(F)cc1. The molecule has 0 fully saturated rings. The number of benzene rings is 1. The molecule has 0 spiro atoms. The van der Waals surface area contributed by atoms with E-state index in [1.807, 2.05) is 4.90 Å². The van der Waals surface area contributed by atoms with Gasteiger partial charge < -0.3 is 4.74 Å². The van der Waals surface area contributed by atoms with E-state index in [1.54, 1.807) is 19.1 Å². The molecule has 0 aliphatic rings. The van der Waals surface area contributed by atoms with Gasteiger partial charge in [0.2, 0.25) is 0 Å². The number of hydrogen-bond donors (Lipinski definition) is 0. The Morgan fingerprint density at radius 1 is 1.26 bits per heavy atom. The second kappa shape index (κ2) is 8.64. The average molecular weight is 267 g/mol. The predicted molar refractivity (Wildman–Crippen MR) is 73.2 cm³/mol. The van der Waals surface area contributed by atoms with Gasteiger partial charge in [-0.25, -0.2) is 4.39 Å². The van der Waals surface area contributed by atoms with Crippen molar-refractivity contribution in [3.05, 3.63) is 35.6 Å². The van der Waals surface area contributed by atoms with Crippen molar-refractivity contribution in [3.8, 4) is 0 Å². The first-order valence-corrected chi connectivity index (χ1v) is 6.78. The molecule has 106 valence electrons. The Balaban J connectivity index is 2.57. The largest absolute Gasteiger partial charge is 0.465 e. The number of esters is 1. The van der Waals surface area contributed by atoms with Crippen molar-refractivity contribution in [2.45, 2.75) is 33.2 Å². The third-order valence-corrected chi connectivity index (χ3v) is 2.81. The van der Waals surface area contributed by atoms with Crippen LogP contribution in [0.15, 0.2) is 24.3 Å². The maximum absolute atomic E-state index is 12.8. The van der Waals surface area contributed by atoms with E-state index in [0.29, 0.717) is 13.2 Å². The molecule has 0 amide bonds. The van der Waals surface area contributed by atoms with Crippen LogP contribution in [0.5, 0.6) is 0 Å². The van der Waals surface area contributed by atoms with Gasteiger partial charge in [0.1, 0.15) is 5.82 Å². The second-order valence-electron chi connectivity index (χ2n) is 4.50. The van der Waals surface area contributed by atoms with Crippen LogP contribution in [0, 0.1) is 5.82 Å². The van der Waals surface area contributed by atoms with Crippen molar-refractivity contribution >= 4 is 5.97 Å². The standard InChI is InChI=1S/C15H22FNO2/c1-3-5-10-17(12-15(18)19-4-2)11-13-6-8-14(16)9-7-13/h6-9H,3-5,10-12H2,1-2H3. The summed E-state index contributed by atoms with van der Waals surface area (Å²) < 4.78 is 17.8. The Labute approximate surface area is 114 Å². The van der Waals surface area contributed by atoms with Crippen LogP contribution >= 0.6 is 0 Å². The summed E-state index contributed by atoms with van der Waals surface area (Å²) >= 11 is 0. The molecule has 1 rings (SSSR count). The van der Waals surface area contributed by atoms with Gasteiger partial charge in [-0.2, -0.15) is 0 Å². The summed E-state index contributed by atoms with van der Waals surface area (Å²) in [7, 11) is 0. The highest BCUT2D eigenvalue weighted by Crippen LogP contribution is 2.08. The van der Waals surface area contributed by atoms with Gasteiger partial charge in [-0.15, -0.1) is 0 Å². The quantitative estimate of drug-likeness (QED) is 0.678. The van der Waals surface area contributed by atoms with E-state index in [1.165, 1.54) is 12.1 Å². The lowest BCUT2D eigenvalue weighted by atomic mass is 10.2. The number of halogens is 1. The molecule has 0 aliphatic carbocycles. The van der Waals surface area contributed by atoms with Crippen LogP contribution in [0.3, 0.4) is 0 Å². The molecule has 0 saturated heterocycles. The summed E-state index contributed by atoms with van der Waals surface area (Å²) in [5.74, 6) is -0.449. The van der Waals surface area contributed by atoms with E-state index in [4.69, 9.17) is 4.74 Å². The van der Waals surface area contributed by atoms with E-state index in [2.05, 4.69) is 6.92 Å². The van der Waals surface area contributed by atoms with Crippen LogP contribution in [-0.2, 0) is 16.1 Å². The smallest absolute Gasteiger partial charge is 0.320 e. The molecule has 0 atom stereocenters. The second-order valence-corrected chi connectivity index (χ2v) is 4.50. The average Bonchev–Trinajstić information content (AvgIpc) is 2.39. The predicted octanol–water partition coefficient (Wildman–Crippen LogP) is 2.99. The molecular weight excluding hydrogens is 245 g/mol. The van der Waals surface area contributed by atoms with Crippen molar-refractivity contribution in [2.75, 3.05) is 19.7 Å². The normalized spacial score (nSPS) is 10.7. The van der Waals surface area contributed by atoms with Crippen molar-refractivity contribution in [1.29, 1.82) is 0 Å². The first kappa shape index (κ1) is 15.6. The lowest BCUT2D eigenvalue weighted by Gasteiger charge is -2.21. The van der Waals surface area contributed by atoms with E-state index in [9.17, 15) is 9.18 Å². The highest BCUT2D eigenvalue weighted by atomic mass is 19.1. The number of carbonyl (C=O) groups is 1. The molecule has 0 unspecified atom stereocenters. The zero-order valence-corrected chi connectivity index (χ0v) is 11.7. The van der Waals surface area contributed by atoms with E-state index >= 15 is 0 Å². The minimum absolute atomic E-state index is 0.208. The van der Waals surface area contributed by atoms with Gasteiger partial charge in [-0.3, -0.25) is 9.69 Å². The summed E-state index contributed by atoms with van der Waals surface area (Å²) in [5.41, 5.74) is 1.00. The van der Waals surface area contributed by atoms with Crippen LogP contribution in [0.25, 0.3) is 0 Å². The molecule has 0 N–H and O–H groups in total. The van der Waals surface area contributed by atoms with Crippen molar-refractivity contribution in [2.24, 2.45) is 0 Å². The Hall–Kier alpha value is -1.42. The summed E-state index contributed by atoms with van der Waals surface area (Å²) in [6, 6.07) is 6.38. The van der Waals surface area contributed by atoms with Gasteiger partial charge in [-0.05, 0) is 37.6 Å². The lowest BCUT2D eigenvalue weighted by Crippen LogP contribution is -2.31. The monoisotopic (exact) mass is 267 g/mol. The zero-order valence-electron chi connectivity index (χ0n) is 11.7. The Morgan fingerprint density at radius 3 is 2.53 bits per heavy atom. The van der Waals surface area contributed by atoms with E-state index in [0.717, 1.165) is 24.9 Å². The summed E-state index contributed by atoms with van der Waals surface area (Å²) in [5, 5.41) is 0. The molecule has 0 aromatic heterocycles. The molecule has 0 aliphatic heterocycles. The first-order valence-electron chi connectivity index (χ1n) is 6.78. The van der Waals surface area contributed by atoms with Crippen molar-refractivity contribution in [3.63, 3.8) is 0 Å². The Morgan fingerprint density at radius 2 is 1.95 bits per heavy atom. The molecule has 0 heterocycles. The van der Waals surface area contributed by atoms with Gasteiger partial charge in [0.25, 0.3) is 0 Å². The molecule has 0 bridgehead atoms. The molecule has 1 aromatic carbocycles. The minimum atomic E-state index is -0.241. The molecule has 3 nitrogen and oxygen atoms in total. The summed E-state index contributed by atoms with van der Waals surface area (Å²) in [6.07, 6.45) is 2.10. The Bertz CT molecular complexity index is 378. The third-order valence-electron chi connectivity index (χ3n) is 2.81. The maximum Gasteiger partial charge on any atom is 0.320 e. The van der Waals surface area contributed by atoms with E-state index in [-0.39, 0.29) is 18.3 Å². The van der Waals surface area contributed by atoms with Crippen LogP contribution in [0.4, 0.5) is 4.39 Å². The fourth-order valence-corrected chi connectivity index (χ4v) is 1.83. The first-order chi connectivity index (χ1) is 9.15. The number of rotatable bonds is 8. The molecular formula is C15H22FNO2. The van der Waals surface area contributed by atoms with Gasteiger partial charge >= 0.3 is 5.97 Å². The van der Waals surface area contributed by atoms with Gasteiger partial charge in [-0.1, -0.05) is 25.5 Å². The summed E-state index contributed by atoms with van der Waals surface area (Å²) in [4.78, 5) is 13.6. The van der Waals surface area contributed by atoms with Gasteiger partial charge in [0.05, 0.1) is 13.2 Å². The molecule has 1 aromatic rings. The lowest BCUT2D eigenvalue weighted by molar-refractivity contribution is -0.144. The molecule has 0 saturated carbocycles. The minimum Gasteiger partial charge on any atom is -0.465 e.